The fourth-order valence-corrected chi connectivity index (χ4v) is 5.08. The topological polar surface area (TPSA) is 75.7 Å². The van der Waals surface area contributed by atoms with Crippen LogP contribution in [0.1, 0.15) is 31.2 Å². The van der Waals surface area contributed by atoms with Crippen molar-refractivity contribution in [2.24, 2.45) is 0 Å². The number of sulfonamides is 1. The molecule has 1 amide bonds. The standard InChI is InChI=1S/C21H24F2N2O4S/c1-15-6-8-17(13-20(15)30(27,28)25-10-4-2-3-5-11-25)24-21(26)14-29-19-9-7-16(22)12-18(19)23/h6-9,12-13H,2-5,10-11,14H2,1H3,(H,24,26). The zero-order valence-corrected chi connectivity index (χ0v) is 17.5. The average molecular weight is 438 g/mol. The SMILES string of the molecule is Cc1ccc(NC(=O)COc2ccc(F)cc2F)cc1S(=O)(=O)N1CCCCCC1. The van der Waals surface area contributed by atoms with Crippen molar-refractivity contribution in [3.05, 3.63) is 53.6 Å². The lowest BCUT2D eigenvalue weighted by molar-refractivity contribution is -0.118. The van der Waals surface area contributed by atoms with Gasteiger partial charge >= 0.3 is 0 Å². The van der Waals surface area contributed by atoms with E-state index >= 15 is 0 Å². The summed E-state index contributed by atoms with van der Waals surface area (Å²) in [6, 6.07) is 7.42. The Bertz CT molecular complexity index is 1020. The molecule has 0 spiro atoms. The second kappa shape index (κ2) is 9.53. The highest BCUT2D eigenvalue weighted by Crippen LogP contribution is 2.26. The number of benzene rings is 2. The van der Waals surface area contributed by atoms with Gasteiger partial charge in [0.1, 0.15) is 5.82 Å². The Kier molecular flexibility index (Phi) is 7.04. The van der Waals surface area contributed by atoms with Crippen LogP contribution in [-0.2, 0) is 14.8 Å². The molecule has 3 rings (SSSR count). The zero-order chi connectivity index (χ0) is 21.7. The third-order valence-corrected chi connectivity index (χ3v) is 6.95. The number of anilines is 1. The summed E-state index contributed by atoms with van der Waals surface area (Å²) in [7, 11) is -3.67. The Morgan fingerprint density at radius 3 is 2.43 bits per heavy atom. The second-order valence-corrected chi connectivity index (χ2v) is 9.12. The summed E-state index contributed by atoms with van der Waals surface area (Å²) < 4.78 is 59.3. The van der Waals surface area contributed by atoms with Crippen LogP contribution >= 0.6 is 0 Å². The van der Waals surface area contributed by atoms with E-state index < -0.39 is 34.2 Å². The Hall–Kier alpha value is -2.52. The predicted molar refractivity (Wildman–Crippen MR) is 109 cm³/mol. The maximum atomic E-state index is 13.6. The van der Waals surface area contributed by atoms with Crippen LogP contribution in [0.3, 0.4) is 0 Å². The first-order valence-corrected chi connectivity index (χ1v) is 11.2. The first-order chi connectivity index (χ1) is 14.3. The minimum atomic E-state index is -3.67. The summed E-state index contributed by atoms with van der Waals surface area (Å²) in [6.07, 6.45) is 3.67. The van der Waals surface area contributed by atoms with Crippen LogP contribution in [0.5, 0.6) is 5.75 Å². The third kappa shape index (κ3) is 5.34. The highest BCUT2D eigenvalue weighted by Gasteiger charge is 2.27. The largest absolute Gasteiger partial charge is 0.481 e. The minimum absolute atomic E-state index is 0.146. The molecule has 0 saturated carbocycles. The lowest BCUT2D eigenvalue weighted by Gasteiger charge is -2.21. The molecule has 0 aromatic heterocycles. The van der Waals surface area contributed by atoms with Crippen molar-refractivity contribution >= 4 is 21.6 Å². The fraction of sp³-hybridized carbons (Fsp3) is 0.381. The molecule has 0 atom stereocenters. The predicted octanol–water partition coefficient (Wildman–Crippen LogP) is 3.86. The van der Waals surface area contributed by atoms with Gasteiger partial charge in [-0.3, -0.25) is 4.79 Å². The Labute approximate surface area is 174 Å². The summed E-state index contributed by atoms with van der Waals surface area (Å²) in [6.45, 7) is 2.16. The van der Waals surface area contributed by atoms with Crippen molar-refractivity contribution in [1.29, 1.82) is 0 Å². The molecule has 0 bridgehead atoms. The van der Waals surface area contributed by atoms with E-state index in [1.165, 1.54) is 10.4 Å². The summed E-state index contributed by atoms with van der Waals surface area (Å²) >= 11 is 0. The highest BCUT2D eigenvalue weighted by atomic mass is 32.2. The Morgan fingerprint density at radius 1 is 1.07 bits per heavy atom. The van der Waals surface area contributed by atoms with Crippen molar-refractivity contribution in [3.8, 4) is 5.75 Å². The molecule has 1 heterocycles. The highest BCUT2D eigenvalue weighted by molar-refractivity contribution is 7.89. The normalized spacial score (nSPS) is 15.4. The minimum Gasteiger partial charge on any atom is -0.481 e. The van der Waals surface area contributed by atoms with Crippen molar-refractivity contribution in [3.63, 3.8) is 0 Å². The van der Waals surface area contributed by atoms with Gasteiger partial charge in [0.15, 0.2) is 18.2 Å². The molecule has 9 heteroatoms. The first kappa shape index (κ1) is 22.2. The number of ether oxygens (including phenoxy) is 1. The second-order valence-electron chi connectivity index (χ2n) is 7.21. The van der Waals surface area contributed by atoms with Gasteiger partial charge in [-0.2, -0.15) is 4.31 Å². The van der Waals surface area contributed by atoms with E-state index in [0.717, 1.165) is 37.8 Å². The van der Waals surface area contributed by atoms with Crippen LogP contribution in [0.2, 0.25) is 0 Å². The molecule has 1 aliphatic rings. The molecule has 1 saturated heterocycles. The summed E-state index contributed by atoms with van der Waals surface area (Å²) in [4.78, 5) is 12.3. The molecule has 30 heavy (non-hydrogen) atoms. The quantitative estimate of drug-likeness (QED) is 0.743. The molecule has 0 radical (unpaired) electrons. The van der Waals surface area contributed by atoms with Crippen molar-refractivity contribution in [2.75, 3.05) is 25.0 Å². The third-order valence-electron chi connectivity index (χ3n) is 4.91. The van der Waals surface area contributed by atoms with E-state index in [1.54, 1.807) is 19.1 Å². The smallest absolute Gasteiger partial charge is 0.262 e. The monoisotopic (exact) mass is 438 g/mol. The Morgan fingerprint density at radius 2 is 1.77 bits per heavy atom. The van der Waals surface area contributed by atoms with Crippen molar-refractivity contribution < 1.29 is 26.7 Å². The molecule has 2 aromatic carbocycles. The summed E-state index contributed by atoms with van der Waals surface area (Å²) in [5.74, 6) is -2.51. The van der Waals surface area contributed by atoms with Crippen LogP contribution in [-0.4, -0.2) is 38.3 Å². The van der Waals surface area contributed by atoms with Gasteiger partial charge < -0.3 is 10.1 Å². The van der Waals surface area contributed by atoms with Gasteiger partial charge in [-0.15, -0.1) is 0 Å². The number of rotatable bonds is 6. The van der Waals surface area contributed by atoms with Crippen molar-refractivity contribution in [2.45, 2.75) is 37.5 Å². The van der Waals surface area contributed by atoms with Gasteiger partial charge in [0, 0.05) is 24.8 Å². The van der Waals surface area contributed by atoms with E-state index in [9.17, 15) is 22.0 Å². The molecule has 1 fully saturated rings. The number of aryl methyl sites for hydroxylation is 1. The Balaban J connectivity index is 1.70. The van der Waals surface area contributed by atoms with Gasteiger partial charge in [0.2, 0.25) is 10.0 Å². The van der Waals surface area contributed by atoms with Crippen molar-refractivity contribution in [1.82, 2.24) is 4.31 Å². The van der Waals surface area contributed by atoms with E-state index in [0.29, 0.717) is 30.4 Å². The summed E-state index contributed by atoms with van der Waals surface area (Å²) in [5.41, 5.74) is 0.879. The fourth-order valence-electron chi connectivity index (χ4n) is 3.31. The first-order valence-electron chi connectivity index (χ1n) is 9.76. The molecular formula is C21H24F2N2O4S. The summed E-state index contributed by atoms with van der Waals surface area (Å²) in [5, 5.41) is 2.55. The number of nitrogens with one attached hydrogen (secondary N) is 1. The van der Waals surface area contributed by atoms with Crippen LogP contribution in [0.4, 0.5) is 14.5 Å². The number of carbonyl (C=O) groups excluding carboxylic acids is 1. The molecule has 1 N–H and O–H groups in total. The lowest BCUT2D eigenvalue weighted by Crippen LogP contribution is -2.32. The number of halogens is 2. The molecule has 162 valence electrons. The van der Waals surface area contributed by atoms with Crippen LogP contribution in [0.15, 0.2) is 41.3 Å². The van der Waals surface area contributed by atoms with E-state index in [-0.39, 0.29) is 10.6 Å². The average Bonchev–Trinajstić information content (AvgIpc) is 2.99. The number of hydrogen-bond acceptors (Lipinski definition) is 4. The molecule has 0 aliphatic carbocycles. The van der Waals surface area contributed by atoms with Gasteiger partial charge in [-0.05, 0) is 49.6 Å². The van der Waals surface area contributed by atoms with Crippen LogP contribution in [0, 0.1) is 18.6 Å². The molecule has 6 nitrogen and oxygen atoms in total. The van der Waals surface area contributed by atoms with Gasteiger partial charge in [-0.1, -0.05) is 18.9 Å². The van der Waals surface area contributed by atoms with E-state index in [4.69, 9.17) is 4.74 Å². The zero-order valence-electron chi connectivity index (χ0n) is 16.7. The number of hydrogen-bond donors (Lipinski definition) is 1. The lowest BCUT2D eigenvalue weighted by atomic mass is 10.2. The maximum Gasteiger partial charge on any atom is 0.262 e. The van der Waals surface area contributed by atoms with Crippen LogP contribution < -0.4 is 10.1 Å². The number of nitrogens with zero attached hydrogens (tertiary/aromatic N) is 1. The van der Waals surface area contributed by atoms with Gasteiger partial charge in [0.05, 0.1) is 4.90 Å². The van der Waals surface area contributed by atoms with E-state index in [2.05, 4.69) is 5.32 Å². The number of amides is 1. The van der Waals surface area contributed by atoms with Gasteiger partial charge in [0.25, 0.3) is 5.91 Å². The molecule has 2 aromatic rings. The number of carbonyl (C=O) groups is 1. The molecule has 0 unspecified atom stereocenters. The van der Waals surface area contributed by atoms with E-state index in [1.807, 2.05) is 0 Å². The maximum absolute atomic E-state index is 13.6. The van der Waals surface area contributed by atoms with Crippen LogP contribution in [0.25, 0.3) is 0 Å². The molecule has 1 aliphatic heterocycles. The molecular weight excluding hydrogens is 414 g/mol. The van der Waals surface area contributed by atoms with Gasteiger partial charge in [-0.25, -0.2) is 17.2 Å².